The Morgan fingerprint density at radius 2 is 2.25 bits per heavy atom. The molecule has 0 aliphatic carbocycles. The lowest BCUT2D eigenvalue weighted by atomic mass is 10.1. The molecule has 0 atom stereocenters. The van der Waals surface area contributed by atoms with Gasteiger partial charge in [-0.1, -0.05) is 11.6 Å². The number of esters is 1. The quantitative estimate of drug-likeness (QED) is 0.447. The first-order chi connectivity index (χ1) is 7.52. The van der Waals surface area contributed by atoms with Crippen molar-refractivity contribution in [2.75, 3.05) is 7.11 Å². The fourth-order valence-electron chi connectivity index (χ4n) is 1.10. The van der Waals surface area contributed by atoms with Gasteiger partial charge in [0.2, 0.25) is 0 Å². The first-order valence-corrected chi connectivity index (χ1v) is 4.36. The number of hydrogen-bond acceptors (Lipinski definition) is 5. The molecule has 82 valence electrons. The smallest absolute Gasteiger partial charge is 0.341 e. The molecule has 16 heavy (non-hydrogen) atoms. The number of halogens is 1. The molecule has 0 aromatic heterocycles. The van der Waals surface area contributed by atoms with Crippen molar-refractivity contribution < 1.29 is 14.5 Å². The largest absolute Gasteiger partial charge is 0.465 e. The van der Waals surface area contributed by atoms with E-state index in [1.54, 1.807) is 6.07 Å². The number of carbonyl (C=O) groups is 1. The topological polar surface area (TPSA) is 93.2 Å². The number of rotatable bonds is 2. The highest BCUT2D eigenvalue weighted by atomic mass is 35.5. The van der Waals surface area contributed by atoms with Crippen molar-refractivity contribution in [2.24, 2.45) is 0 Å². The highest BCUT2D eigenvalue weighted by Crippen LogP contribution is 2.30. The first-order valence-electron chi connectivity index (χ1n) is 3.98. The van der Waals surface area contributed by atoms with Crippen molar-refractivity contribution >= 4 is 23.3 Å². The number of methoxy groups -OCH3 is 1. The van der Waals surface area contributed by atoms with Crippen LogP contribution in [-0.4, -0.2) is 18.0 Å². The summed E-state index contributed by atoms with van der Waals surface area (Å²) in [6.07, 6.45) is 0. The second-order valence-electron chi connectivity index (χ2n) is 2.68. The number of nitrogens with zero attached hydrogens (tertiary/aromatic N) is 2. The Morgan fingerprint density at radius 1 is 1.62 bits per heavy atom. The van der Waals surface area contributed by atoms with Gasteiger partial charge in [0.25, 0.3) is 5.69 Å². The lowest BCUT2D eigenvalue weighted by Gasteiger charge is -2.04. The van der Waals surface area contributed by atoms with Crippen molar-refractivity contribution in [1.29, 1.82) is 5.26 Å². The van der Waals surface area contributed by atoms with Gasteiger partial charge in [-0.3, -0.25) is 10.1 Å². The van der Waals surface area contributed by atoms with E-state index in [1.165, 1.54) is 0 Å². The number of nitro benzene ring substituents is 1. The number of nitriles is 1. The van der Waals surface area contributed by atoms with E-state index in [9.17, 15) is 14.9 Å². The zero-order valence-corrected chi connectivity index (χ0v) is 8.82. The minimum Gasteiger partial charge on any atom is -0.465 e. The number of hydrogen-bond donors (Lipinski definition) is 0. The Morgan fingerprint density at radius 3 is 2.69 bits per heavy atom. The van der Waals surface area contributed by atoms with Gasteiger partial charge in [-0.15, -0.1) is 0 Å². The molecule has 0 amide bonds. The van der Waals surface area contributed by atoms with Gasteiger partial charge in [0.15, 0.2) is 0 Å². The van der Waals surface area contributed by atoms with Crippen LogP contribution >= 0.6 is 11.6 Å². The molecule has 0 saturated heterocycles. The molecular formula is C9H5ClN2O4. The summed E-state index contributed by atoms with van der Waals surface area (Å²) in [7, 11) is 1.10. The third kappa shape index (κ3) is 1.94. The van der Waals surface area contributed by atoms with Crippen LogP contribution in [0.3, 0.4) is 0 Å². The van der Waals surface area contributed by atoms with Gasteiger partial charge in [-0.2, -0.15) is 5.26 Å². The molecule has 7 heteroatoms. The van der Waals surface area contributed by atoms with E-state index in [-0.39, 0.29) is 11.1 Å². The Balaban J connectivity index is 3.54. The normalized spacial score (nSPS) is 9.31. The average molecular weight is 241 g/mol. The zero-order valence-electron chi connectivity index (χ0n) is 8.06. The maximum absolute atomic E-state index is 11.3. The van der Waals surface area contributed by atoms with E-state index in [1.807, 2.05) is 0 Å². The minimum atomic E-state index is -0.884. The van der Waals surface area contributed by atoms with Crippen LogP contribution < -0.4 is 0 Å². The molecule has 0 spiro atoms. The van der Waals surface area contributed by atoms with Gasteiger partial charge in [0.05, 0.1) is 17.6 Å². The predicted molar refractivity (Wildman–Crippen MR) is 54.2 cm³/mol. The van der Waals surface area contributed by atoms with Crippen molar-refractivity contribution in [1.82, 2.24) is 0 Å². The summed E-state index contributed by atoms with van der Waals surface area (Å²) in [4.78, 5) is 21.1. The summed E-state index contributed by atoms with van der Waals surface area (Å²) in [5, 5.41) is 18.9. The molecule has 1 rings (SSSR count). The van der Waals surface area contributed by atoms with E-state index in [2.05, 4.69) is 4.74 Å². The van der Waals surface area contributed by atoms with Crippen LogP contribution in [0.15, 0.2) is 12.1 Å². The number of ether oxygens (including phenoxy) is 1. The Kier molecular flexibility index (Phi) is 3.43. The van der Waals surface area contributed by atoms with Crippen molar-refractivity contribution in [3.8, 4) is 6.07 Å². The van der Waals surface area contributed by atoms with Crippen LogP contribution in [0, 0.1) is 21.4 Å². The Bertz CT molecular complexity index is 507. The second-order valence-corrected chi connectivity index (χ2v) is 3.06. The third-order valence-corrected chi connectivity index (χ3v) is 2.21. The third-order valence-electron chi connectivity index (χ3n) is 1.83. The lowest BCUT2D eigenvalue weighted by molar-refractivity contribution is -0.384. The van der Waals surface area contributed by atoms with Crippen molar-refractivity contribution in [3.05, 3.63) is 38.4 Å². The lowest BCUT2D eigenvalue weighted by Crippen LogP contribution is -2.06. The molecule has 0 unspecified atom stereocenters. The van der Waals surface area contributed by atoms with Crippen LogP contribution in [0.5, 0.6) is 0 Å². The van der Waals surface area contributed by atoms with E-state index >= 15 is 0 Å². The van der Waals surface area contributed by atoms with Crippen molar-refractivity contribution in [2.45, 2.75) is 0 Å². The summed E-state index contributed by atoms with van der Waals surface area (Å²) >= 11 is 5.67. The first kappa shape index (κ1) is 11.9. The van der Waals surface area contributed by atoms with E-state index in [0.29, 0.717) is 0 Å². The zero-order chi connectivity index (χ0) is 12.3. The van der Waals surface area contributed by atoms with Gasteiger partial charge >= 0.3 is 5.97 Å². The predicted octanol–water partition coefficient (Wildman–Crippen LogP) is 1.91. The number of carbonyl (C=O) groups excluding carboxylic acids is 1. The van der Waals surface area contributed by atoms with Crippen LogP contribution in [0.4, 0.5) is 5.69 Å². The van der Waals surface area contributed by atoms with Gasteiger partial charge < -0.3 is 4.74 Å². The number of benzene rings is 1. The molecule has 0 heterocycles. The van der Waals surface area contributed by atoms with E-state index in [4.69, 9.17) is 16.9 Å². The maximum Gasteiger partial charge on any atom is 0.341 e. The monoisotopic (exact) mass is 240 g/mol. The molecular weight excluding hydrogens is 236 g/mol. The molecule has 0 bridgehead atoms. The fourth-order valence-corrected chi connectivity index (χ4v) is 1.41. The van der Waals surface area contributed by atoms with Crippen LogP contribution in [0.1, 0.15) is 15.9 Å². The van der Waals surface area contributed by atoms with Gasteiger partial charge in [0, 0.05) is 6.07 Å². The summed E-state index contributed by atoms with van der Waals surface area (Å²) in [6, 6.07) is 3.92. The summed E-state index contributed by atoms with van der Waals surface area (Å²) in [5.41, 5.74) is -0.801. The van der Waals surface area contributed by atoms with Gasteiger partial charge in [0.1, 0.15) is 16.7 Å². The SMILES string of the molecule is COC(=O)c1c(C#N)ccc([N+](=O)[O-])c1Cl. The summed E-state index contributed by atoms with van der Waals surface area (Å²) in [5.74, 6) is -0.884. The molecule has 6 nitrogen and oxygen atoms in total. The molecule has 1 aromatic rings. The highest BCUT2D eigenvalue weighted by Gasteiger charge is 2.24. The van der Waals surface area contributed by atoms with Crippen LogP contribution in [0.2, 0.25) is 5.02 Å². The Labute approximate surface area is 95.2 Å². The molecule has 0 aliphatic rings. The number of nitro groups is 1. The van der Waals surface area contributed by atoms with Crippen LogP contribution in [0.25, 0.3) is 0 Å². The highest BCUT2D eigenvalue weighted by molar-refractivity contribution is 6.36. The summed E-state index contributed by atoms with van der Waals surface area (Å²) < 4.78 is 4.40. The van der Waals surface area contributed by atoms with Crippen LogP contribution in [-0.2, 0) is 4.74 Å². The molecule has 0 fully saturated rings. The second kappa shape index (κ2) is 4.59. The molecule has 1 aromatic carbocycles. The van der Waals surface area contributed by atoms with Gasteiger partial charge in [-0.05, 0) is 6.07 Å². The van der Waals surface area contributed by atoms with E-state index < -0.39 is 21.6 Å². The van der Waals surface area contributed by atoms with Gasteiger partial charge in [-0.25, -0.2) is 4.79 Å². The summed E-state index contributed by atoms with van der Waals surface area (Å²) in [6.45, 7) is 0. The minimum absolute atomic E-state index is 0.0672. The molecule has 0 radical (unpaired) electrons. The van der Waals surface area contributed by atoms with E-state index in [0.717, 1.165) is 19.2 Å². The molecule has 0 saturated carbocycles. The fraction of sp³-hybridized carbons (Fsp3) is 0.111. The maximum atomic E-state index is 11.3. The standard InChI is InChI=1S/C9H5ClN2O4/c1-16-9(13)7-5(4-11)2-3-6(8(7)10)12(14)15/h2-3H,1H3. The average Bonchev–Trinajstić information content (AvgIpc) is 2.26. The Hall–Kier alpha value is -2.13. The molecule has 0 aliphatic heterocycles. The molecule has 0 N–H and O–H groups in total. The van der Waals surface area contributed by atoms with Crippen molar-refractivity contribution in [3.63, 3.8) is 0 Å².